The molecule has 0 amide bonds. The van der Waals surface area contributed by atoms with Crippen LogP contribution in [-0.2, 0) is 11.8 Å². The van der Waals surface area contributed by atoms with Crippen molar-refractivity contribution in [3.05, 3.63) is 29.3 Å². The molecule has 0 aromatic heterocycles. The molecule has 0 heterocycles. The molecule has 0 atom stereocenters. The van der Waals surface area contributed by atoms with Gasteiger partial charge in [-0.2, -0.15) is 11.8 Å². The molecule has 0 spiro atoms. The van der Waals surface area contributed by atoms with E-state index in [0.717, 1.165) is 18.8 Å². The molecular weight excluding hydrogens is 348 g/mol. The van der Waals surface area contributed by atoms with Crippen LogP contribution < -0.4 is 4.74 Å². The van der Waals surface area contributed by atoms with Gasteiger partial charge >= 0.3 is 0 Å². The summed E-state index contributed by atoms with van der Waals surface area (Å²) in [6.07, 6.45) is 13.0. The SMILES string of the molecule is CCCCCCOc1ccc(CCCSCCCCCC)cc1C(C)(C)C. The third kappa shape index (κ3) is 11.1. The number of rotatable bonds is 15. The van der Waals surface area contributed by atoms with Crippen LogP contribution in [0.1, 0.15) is 104 Å². The van der Waals surface area contributed by atoms with Crippen molar-refractivity contribution in [3.8, 4) is 5.75 Å². The van der Waals surface area contributed by atoms with Crippen molar-refractivity contribution < 1.29 is 4.74 Å². The lowest BCUT2D eigenvalue weighted by Gasteiger charge is -2.24. The summed E-state index contributed by atoms with van der Waals surface area (Å²) in [7, 11) is 0. The molecule has 0 radical (unpaired) electrons. The van der Waals surface area contributed by atoms with Gasteiger partial charge in [-0.15, -0.1) is 0 Å². The van der Waals surface area contributed by atoms with Crippen molar-refractivity contribution in [1.82, 2.24) is 0 Å². The quantitative estimate of drug-likeness (QED) is 0.278. The molecule has 27 heavy (non-hydrogen) atoms. The highest BCUT2D eigenvalue weighted by molar-refractivity contribution is 7.99. The Morgan fingerprint density at radius 2 is 1.48 bits per heavy atom. The van der Waals surface area contributed by atoms with E-state index < -0.39 is 0 Å². The number of hydrogen-bond donors (Lipinski definition) is 0. The third-order valence-corrected chi connectivity index (χ3v) is 6.16. The fraction of sp³-hybridized carbons (Fsp3) is 0.760. The Hall–Kier alpha value is -0.630. The van der Waals surface area contributed by atoms with E-state index in [9.17, 15) is 0 Å². The summed E-state index contributed by atoms with van der Waals surface area (Å²) in [4.78, 5) is 0. The Balaban J connectivity index is 2.45. The van der Waals surface area contributed by atoms with Crippen LogP contribution in [0.15, 0.2) is 18.2 Å². The molecule has 1 aromatic rings. The van der Waals surface area contributed by atoms with Crippen LogP contribution in [-0.4, -0.2) is 18.1 Å². The molecule has 0 aliphatic carbocycles. The Morgan fingerprint density at radius 3 is 2.15 bits per heavy atom. The zero-order valence-corrected chi connectivity index (χ0v) is 19.6. The largest absolute Gasteiger partial charge is 0.493 e. The summed E-state index contributed by atoms with van der Waals surface area (Å²) in [5, 5.41) is 0. The number of thioether (sulfide) groups is 1. The van der Waals surface area contributed by atoms with Gasteiger partial charge in [-0.3, -0.25) is 0 Å². The van der Waals surface area contributed by atoms with E-state index in [-0.39, 0.29) is 5.41 Å². The smallest absolute Gasteiger partial charge is 0.123 e. The first kappa shape index (κ1) is 24.4. The summed E-state index contributed by atoms with van der Waals surface area (Å²) >= 11 is 2.13. The van der Waals surface area contributed by atoms with Crippen LogP contribution in [0.5, 0.6) is 5.75 Å². The van der Waals surface area contributed by atoms with Gasteiger partial charge in [0.05, 0.1) is 6.61 Å². The van der Waals surface area contributed by atoms with E-state index in [1.54, 1.807) is 0 Å². The van der Waals surface area contributed by atoms with Gasteiger partial charge in [0.1, 0.15) is 5.75 Å². The van der Waals surface area contributed by atoms with Crippen molar-refractivity contribution in [3.63, 3.8) is 0 Å². The summed E-state index contributed by atoms with van der Waals surface area (Å²) in [6, 6.07) is 6.89. The summed E-state index contributed by atoms with van der Waals surface area (Å²) < 4.78 is 6.15. The third-order valence-electron chi connectivity index (χ3n) is 5.00. The van der Waals surface area contributed by atoms with E-state index in [1.807, 2.05) is 0 Å². The molecule has 2 heteroatoms. The second-order valence-corrected chi connectivity index (χ2v) is 9.99. The molecule has 0 bridgehead atoms. The zero-order valence-electron chi connectivity index (χ0n) is 18.7. The second kappa shape index (κ2) is 14.4. The number of ether oxygens (including phenoxy) is 1. The van der Waals surface area contributed by atoms with Crippen LogP contribution in [0.2, 0.25) is 0 Å². The molecule has 156 valence electrons. The maximum atomic E-state index is 6.15. The Bertz CT molecular complexity index is 490. The Labute approximate surface area is 174 Å². The first-order valence-electron chi connectivity index (χ1n) is 11.3. The molecule has 0 unspecified atom stereocenters. The van der Waals surface area contributed by atoms with E-state index in [2.05, 4.69) is 64.6 Å². The van der Waals surface area contributed by atoms with Gasteiger partial charge in [-0.25, -0.2) is 0 Å². The highest BCUT2D eigenvalue weighted by atomic mass is 32.2. The highest BCUT2D eigenvalue weighted by Crippen LogP contribution is 2.33. The van der Waals surface area contributed by atoms with Gasteiger partial charge in [0.2, 0.25) is 0 Å². The van der Waals surface area contributed by atoms with Gasteiger partial charge in [0, 0.05) is 0 Å². The lowest BCUT2D eigenvalue weighted by molar-refractivity contribution is 0.297. The number of hydrogen-bond acceptors (Lipinski definition) is 2. The Kier molecular flexibility index (Phi) is 13.0. The maximum absolute atomic E-state index is 6.15. The number of aryl methyl sites for hydroxylation is 1. The summed E-state index contributed by atoms with van der Waals surface area (Å²) in [5.74, 6) is 3.71. The van der Waals surface area contributed by atoms with E-state index in [1.165, 1.54) is 80.4 Å². The van der Waals surface area contributed by atoms with Gasteiger partial charge in [0.25, 0.3) is 0 Å². The topological polar surface area (TPSA) is 9.23 Å². The van der Waals surface area contributed by atoms with Gasteiger partial charge in [-0.1, -0.05) is 85.3 Å². The molecule has 0 saturated heterocycles. The van der Waals surface area contributed by atoms with Crippen LogP contribution in [0.4, 0.5) is 0 Å². The molecule has 1 nitrogen and oxygen atoms in total. The maximum Gasteiger partial charge on any atom is 0.123 e. The fourth-order valence-corrected chi connectivity index (χ4v) is 4.23. The standard InChI is InChI=1S/C25H44OS/c1-6-8-10-12-18-26-24-17-16-22(21-23(24)25(3,4)5)15-14-20-27-19-13-11-9-7-2/h16-17,21H,6-15,18-20H2,1-5H3. The minimum atomic E-state index is 0.128. The summed E-state index contributed by atoms with van der Waals surface area (Å²) in [6.45, 7) is 12.3. The van der Waals surface area contributed by atoms with Crippen molar-refractivity contribution >= 4 is 11.8 Å². The first-order chi connectivity index (χ1) is 13.0. The number of unbranched alkanes of at least 4 members (excludes halogenated alkanes) is 6. The van der Waals surface area contributed by atoms with E-state index >= 15 is 0 Å². The van der Waals surface area contributed by atoms with Gasteiger partial charge < -0.3 is 4.74 Å². The molecule has 0 N–H and O–H groups in total. The van der Waals surface area contributed by atoms with Crippen LogP contribution >= 0.6 is 11.8 Å². The van der Waals surface area contributed by atoms with Crippen molar-refractivity contribution in [2.75, 3.05) is 18.1 Å². The van der Waals surface area contributed by atoms with E-state index in [0.29, 0.717) is 0 Å². The molecule has 1 rings (SSSR count). The van der Waals surface area contributed by atoms with Crippen molar-refractivity contribution in [2.24, 2.45) is 0 Å². The fourth-order valence-electron chi connectivity index (χ4n) is 3.27. The predicted octanol–water partition coefficient (Wildman–Crippen LogP) is 8.19. The molecule has 0 aliphatic heterocycles. The van der Waals surface area contributed by atoms with E-state index in [4.69, 9.17) is 4.74 Å². The minimum absolute atomic E-state index is 0.128. The highest BCUT2D eigenvalue weighted by Gasteiger charge is 2.19. The molecule has 0 saturated carbocycles. The average Bonchev–Trinajstić information content (AvgIpc) is 2.63. The zero-order chi connectivity index (χ0) is 20.0. The predicted molar refractivity (Wildman–Crippen MR) is 125 cm³/mol. The van der Waals surface area contributed by atoms with Crippen molar-refractivity contribution in [2.45, 2.75) is 104 Å². The molecular formula is C25H44OS. The number of benzene rings is 1. The van der Waals surface area contributed by atoms with Crippen LogP contribution in [0.3, 0.4) is 0 Å². The van der Waals surface area contributed by atoms with Crippen LogP contribution in [0, 0.1) is 0 Å². The van der Waals surface area contributed by atoms with Crippen molar-refractivity contribution in [1.29, 1.82) is 0 Å². The van der Waals surface area contributed by atoms with Gasteiger partial charge in [0.15, 0.2) is 0 Å². The second-order valence-electron chi connectivity index (χ2n) is 8.77. The molecule has 0 aliphatic rings. The molecule has 0 fully saturated rings. The molecule has 1 aromatic carbocycles. The minimum Gasteiger partial charge on any atom is -0.493 e. The normalized spacial score (nSPS) is 11.7. The van der Waals surface area contributed by atoms with Gasteiger partial charge in [-0.05, 0) is 59.8 Å². The summed E-state index contributed by atoms with van der Waals surface area (Å²) in [5.41, 5.74) is 2.95. The average molecular weight is 393 g/mol. The first-order valence-corrected chi connectivity index (χ1v) is 12.5. The Morgan fingerprint density at radius 1 is 0.815 bits per heavy atom. The lowest BCUT2D eigenvalue weighted by atomic mass is 9.85. The van der Waals surface area contributed by atoms with Crippen LogP contribution in [0.25, 0.3) is 0 Å². The monoisotopic (exact) mass is 392 g/mol. The lowest BCUT2D eigenvalue weighted by Crippen LogP contribution is -2.14.